The van der Waals surface area contributed by atoms with Crippen LogP contribution in [0.5, 0.6) is 0 Å². The van der Waals surface area contributed by atoms with Crippen LogP contribution in [0.25, 0.3) is 10.1 Å². The minimum Gasteiger partial charge on any atom is -0.481 e. The molecule has 0 unspecified atom stereocenters. The maximum Gasteiger partial charge on any atom is 0.300 e. The lowest BCUT2D eigenvalue weighted by molar-refractivity contribution is -0.134. The number of carbonyl (C=O) groups is 1. The molecule has 0 bridgehead atoms. The third-order valence-corrected chi connectivity index (χ3v) is 3.95. The van der Waals surface area contributed by atoms with Gasteiger partial charge in [0.05, 0.1) is 5.69 Å². The Bertz CT molecular complexity index is 635. The number of thiophene rings is 1. The van der Waals surface area contributed by atoms with E-state index in [1.807, 2.05) is 4.90 Å². The van der Waals surface area contributed by atoms with Crippen molar-refractivity contribution in [2.75, 3.05) is 31.1 Å². The molecule has 0 saturated carbocycles. The molecule has 1 fully saturated rings. The number of nitrogens with one attached hydrogen (secondary N) is 1. The van der Waals surface area contributed by atoms with Crippen LogP contribution >= 0.6 is 11.3 Å². The van der Waals surface area contributed by atoms with Crippen molar-refractivity contribution in [2.24, 2.45) is 0 Å². The molecule has 2 heterocycles. The molecule has 1 saturated heterocycles. The van der Waals surface area contributed by atoms with Gasteiger partial charge >= 0.3 is 0 Å². The van der Waals surface area contributed by atoms with Gasteiger partial charge in [0.25, 0.3) is 5.97 Å². The molecule has 1 aromatic carbocycles. The first-order valence-corrected chi connectivity index (χ1v) is 7.33. The number of anilines is 1. The first kappa shape index (κ1) is 15.7. The van der Waals surface area contributed by atoms with Gasteiger partial charge in [-0.1, -0.05) is 0 Å². The van der Waals surface area contributed by atoms with Gasteiger partial charge in [0.2, 0.25) is 5.13 Å². The van der Waals surface area contributed by atoms with Gasteiger partial charge in [-0.05, 0) is 18.2 Å². The van der Waals surface area contributed by atoms with Gasteiger partial charge in [-0.15, -0.1) is 11.3 Å². The Labute approximate surface area is 125 Å². The Morgan fingerprint density at radius 3 is 2.57 bits per heavy atom. The number of halogens is 2. The predicted octanol–water partition coefficient (Wildman–Crippen LogP) is 2.68. The summed E-state index contributed by atoms with van der Waals surface area (Å²) >= 11 is 1.02. The van der Waals surface area contributed by atoms with E-state index in [-0.39, 0.29) is 10.9 Å². The van der Waals surface area contributed by atoms with Gasteiger partial charge < -0.3 is 15.3 Å². The highest BCUT2D eigenvalue weighted by Crippen LogP contribution is 2.37. The minimum absolute atomic E-state index is 0.215. The maximum absolute atomic E-state index is 14.0. The molecule has 3 rings (SSSR count). The van der Waals surface area contributed by atoms with Crippen LogP contribution in [-0.2, 0) is 4.79 Å². The highest BCUT2D eigenvalue weighted by molar-refractivity contribution is 7.18. The van der Waals surface area contributed by atoms with Crippen LogP contribution in [0.2, 0.25) is 0 Å². The predicted molar refractivity (Wildman–Crippen MR) is 80.1 cm³/mol. The number of nitrogens with zero attached hydrogens (tertiary/aromatic N) is 1. The van der Waals surface area contributed by atoms with Crippen LogP contribution < -0.4 is 10.2 Å². The molecule has 2 N–H and O–H groups in total. The van der Waals surface area contributed by atoms with E-state index in [2.05, 4.69) is 5.32 Å². The fourth-order valence-corrected chi connectivity index (χ4v) is 3.19. The van der Waals surface area contributed by atoms with E-state index in [1.165, 1.54) is 12.1 Å². The third-order valence-electron chi connectivity index (χ3n) is 3.02. The lowest BCUT2D eigenvalue weighted by Gasteiger charge is -2.28. The van der Waals surface area contributed by atoms with Crippen molar-refractivity contribution in [1.29, 1.82) is 0 Å². The monoisotopic (exact) mass is 314 g/mol. The van der Waals surface area contributed by atoms with E-state index >= 15 is 0 Å². The molecule has 0 atom stereocenters. The number of fused-ring (bicyclic) bond motifs is 1. The second kappa shape index (κ2) is 6.82. The first-order valence-electron chi connectivity index (χ1n) is 6.52. The van der Waals surface area contributed by atoms with Crippen LogP contribution in [0.3, 0.4) is 0 Å². The summed E-state index contributed by atoms with van der Waals surface area (Å²) in [6.45, 7) is 4.39. The molecular weight excluding hydrogens is 298 g/mol. The van der Waals surface area contributed by atoms with E-state index < -0.39 is 5.97 Å². The van der Waals surface area contributed by atoms with Crippen molar-refractivity contribution < 1.29 is 18.7 Å². The van der Waals surface area contributed by atoms with E-state index in [1.54, 1.807) is 6.07 Å². The molecule has 2 aromatic rings. The first-order chi connectivity index (χ1) is 9.99. The quantitative estimate of drug-likeness (QED) is 0.850. The fraction of sp³-hybridized carbons (Fsp3) is 0.357. The van der Waals surface area contributed by atoms with Gasteiger partial charge in [0.1, 0.15) is 5.82 Å². The average molecular weight is 314 g/mol. The standard InChI is InChI=1S/C12H12F2N2S.C2H4O2/c13-8-1-2-9-10(7-8)17-12(14)11(9)16-5-3-15-4-6-16;1-2(3)4/h1-2,7,15H,3-6H2;1H3,(H,3,4). The van der Waals surface area contributed by atoms with Gasteiger partial charge in [-0.3, -0.25) is 4.79 Å². The highest BCUT2D eigenvalue weighted by atomic mass is 32.1. The molecule has 21 heavy (non-hydrogen) atoms. The Morgan fingerprint density at radius 1 is 1.33 bits per heavy atom. The van der Waals surface area contributed by atoms with Gasteiger partial charge in [0, 0.05) is 43.2 Å². The molecule has 0 spiro atoms. The Kier molecular flexibility index (Phi) is 5.08. The minimum atomic E-state index is -0.833. The zero-order valence-corrected chi connectivity index (χ0v) is 12.3. The summed E-state index contributed by atoms with van der Waals surface area (Å²) in [7, 11) is 0. The van der Waals surface area contributed by atoms with E-state index in [0.717, 1.165) is 49.8 Å². The third kappa shape index (κ3) is 3.89. The molecule has 4 nitrogen and oxygen atoms in total. The zero-order valence-electron chi connectivity index (χ0n) is 11.5. The fourth-order valence-electron chi connectivity index (χ4n) is 2.21. The number of aliphatic carboxylic acids is 1. The van der Waals surface area contributed by atoms with Crippen LogP contribution in [0, 0.1) is 10.9 Å². The van der Waals surface area contributed by atoms with Gasteiger partial charge in [0.15, 0.2) is 0 Å². The summed E-state index contributed by atoms with van der Waals surface area (Å²) in [5.41, 5.74) is 0.631. The van der Waals surface area contributed by atoms with Crippen molar-refractivity contribution in [1.82, 2.24) is 5.32 Å². The highest BCUT2D eigenvalue weighted by Gasteiger charge is 2.20. The molecule has 1 aromatic heterocycles. The molecule has 0 amide bonds. The Balaban J connectivity index is 0.000000361. The molecular formula is C14H16F2N2O2S. The largest absolute Gasteiger partial charge is 0.481 e. The van der Waals surface area contributed by atoms with E-state index in [4.69, 9.17) is 9.90 Å². The lowest BCUT2D eigenvalue weighted by Crippen LogP contribution is -2.43. The SMILES string of the molecule is CC(=O)O.Fc1ccc2c(N3CCNCC3)c(F)sc2c1. The van der Waals surface area contributed by atoms with Crippen LogP contribution in [-0.4, -0.2) is 37.3 Å². The smallest absolute Gasteiger partial charge is 0.300 e. The zero-order chi connectivity index (χ0) is 15.4. The summed E-state index contributed by atoms with van der Waals surface area (Å²) in [6.07, 6.45) is 0. The number of piperazine rings is 1. The van der Waals surface area contributed by atoms with Crippen molar-refractivity contribution in [2.45, 2.75) is 6.92 Å². The van der Waals surface area contributed by atoms with Crippen molar-refractivity contribution in [3.8, 4) is 0 Å². The Morgan fingerprint density at radius 2 is 1.95 bits per heavy atom. The lowest BCUT2D eigenvalue weighted by atomic mass is 10.2. The van der Waals surface area contributed by atoms with E-state index in [0.29, 0.717) is 10.4 Å². The van der Waals surface area contributed by atoms with Crippen molar-refractivity contribution >= 4 is 33.1 Å². The summed E-state index contributed by atoms with van der Waals surface area (Å²) in [5, 5.41) is 11.2. The summed E-state index contributed by atoms with van der Waals surface area (Å²) in [4.78, 5) is 11.0. The number of hydrogen-bond acceptors (Lipinski definition) is 4. The van der Waals surface area contributed by atoms with Crippen LogP contribution in [0.4, 0.5) is 14.5 Å². The van der Waals surface area contributed by atoms with Crippen LogP contribution in [0.15, 0.2) is 18.2 Å². The summed E-state index contributed by atoms with van der Waals surface area (Å²) in [5.74, 6) is -1.15. The molecule has 1 aliphatic rings. The number of rotatable bonds is 1. The molecule has 7 heteroatoms. The number of carboxylic acid groups (broad SMARTS) is 1. The Hall–Kier alpha value is -1.73. The topological polar surface area (TPSA) is 52.6 Å². The average Bonchev–Trinajstić information content (AvgIpc) is 2.74. The van der Waals surface area contributed by atoms with Crippen LogP contribution in [0.1, 0.15) is 6.92 Å². The van der Waals surface area contributed by atoms with Gasteiger partial charge in [-0.25, -0.2) is 4.39 Å². The number of benzene rings is 1. The second-order valence-electron chi connectivity index (χ2n) is 4.62. The number of carboxylic acids is 1. The van der Waals surface area contributed by atoms with Crippen molar-refractivity contribution in [3.63, 3.8) is 0 Å². The summed E-state index contributed by atoms with van der Waals surface area (Å²) < 4.78 is 27.7. The molecule has 1 aliphatic heterocycles. The number of hydrogen-bond donors (Lipinski definition) is 2. The molecule has 0 aliphatic carbocycles. The van der Waals surface area contributed by atoms with Crippen molar-refractivity contribution in [3.05, 3.63) is 29.1 Å². The molecule has 114 valence electrons. The summed E-state index contributed by atoms with van der Waals surface area (Å²) in [6, 6.07) is 4.45. The normalized spacial score (nSPS) is 14.7. The maximum atomic E-state index is 14.0. The van der Waals surface area contributed by atoms with E-state index in [9.17, 15) is 8.78 Å². The molecule has 0 radical (unpaired) electrons. The second-order valence-corrected chi connectivity index (χ2v) is 5.62. The van der Waals surface area contributed by atoms with Gasteiger partial charge in [-0.2, -0.15) is 4.39 Å².